The molecule has 2 heterocycles. The summed E-state index contributed by atoms with van der Waals surface area (Å²) in [5.41, 5.74) is 2.95. The first kappa shape index (κ1) is 25.5. The predicted octanol–water partition coefficient (Wildman–Crippen LogP) is 3.34. The van der Waals surface area contributed by atoms with Crippen LogP contribution in [-0.4, -0.2) is 67.2 Å². The number of carbonyl (C=O) groups is 3. The molecule has 34 heavy (non-hydrogen) atoms. The molecule has 1 fully saturated rings. The normalized spacial score (nSPS) is 19.6. The Balaban J connectivity index is 1.95. The Morgan fingerprint density at radius 1 is 1.12 bits per heavy atom. The van der Waals surface area contributed by atoms with E-state index >= 15 is 0 Å². The molecule has 1 saturated heterocycles. The van der Waals surface area contributed by atoms with Gasteiger partial charge in [0.1, 0.15) is 0 Å². The highest BCUT2D eigenvalue weighted by Gasteiger charge is 2.39. The first-order chi connectivity index (χ1) is 16.4. The number of nitrogens with one attached hydrogen (secondary N) is 1. The third kappa shape index (κ3) is 5.86. The van der Waals surface area contributed by atoms with E-state index < -0.39 is 12.0 Å². The summed E-state index contributed by atoms with van der Waals surface area (Å²) in [6.07, 6.45) is 2.99. The summed E-state index contributed by atoms with van der Waals surface area (Å²) < 4.78 is 10.6. The van der Waals surface area contributed by atoms with E-state index in [0.29, 0.717) is 50.4 Å². The first-order valence-electron chi connectivity index (χ1n) is 11.9. The van der Waals surface area contributed by atoms with Crippen molar-refractivity contribution in [3.05, 3.63) is 59.3 Å². The predicted molar refractivity (Wildman–Crippen MR) is 129 cm³/mol. The van der Waals surface area contributed by atoms with E-state index in [2.05, 4.69) is 16.8 Å². The Bertz CT molecular complexity index is 932. The molecule has 1 atom stereocenters. The van der Waals surface area contributed by atoms with E-state index in [1.165, 1.54) is 0 Å². The van der Waals surface area contributed by atoms with Gasteiger partial charge >= 0.3 is 18.0 Å². The van der Waals surface area contributed by atoms with Gasteiger partial charge in [0.05, 0.1) is 30.7 Å². The lowest BCUT2D eigenvalue weighted by Crippen LogP contribution is -2.51. The standard InChI is InChI=1S/C26H35N3O5/c1-5-14-29-21(17-28-15-12-20(13-16-28)24(30)33-6-2)22(25(31)34-7-3)23(27-26(29)32)19-10-8-18(4)9-11-19/h5,8-11,20,23H,1,6-7,12-17H2,2-4H3,(H,27,32)/t23-/m0/s1. The van der Waals surface area contributed by atoms with Crippen molar-refractivity contribution in [1.29, 1.82) is 0 Å². The number of likely N-dealkylation sites (tertiary alicyclic amines) is 1. The zero-order chi connectivity index (χ0) is 24.7. The second kappa shape index (κ2) is 11.8. The van der Waals surface area contributed by atoms with E-state index in [-0.39, 0.29) is 31.1 Å². The Morgan fingerprint density at radius 2 is 1.76 bits per heavy atom. The van der Waals surface area contributed by atoms with Crippen LogP contribution in [0.25, 0.3) is 0 Å². The number of hydrogen-bond donors (Lipinski definition) is 1. The van der Waals surface area contributed by atoms with Crippen LogP contribution in [0.15, 0.2) is 48.2 Å². The quantitative estimate of drug-likeness (QED) is 0.441. The van der Waals surface area contributed by atoms with Crippen LogP contribution >= 0.6 is 0 Å². The zero-order valence-corrected chi connectivity index (χ0v) is 20.3. The van der Waals surface area contributed by atoms with E-state index in [0.717, 1.165) is 11.1 Å². The summed E-state index contributed by atoms with van der Waals surface area (Å²) in [5, 5.41) is 2.98. The molecule has 1 aromatic rings. The van der Waals surface area contributed by atoms with Gasteiger partial charge in [-0.25, -0.2) is 9.59 Å². The number of piperidine rings is 1. The van der Waals surface area contributed by atoms with Crippen molar-refractivity contribution in [2.75, 3.05) is 39.4 Å². The molecule has 0 aliphatic carbocycles. The van der Waals surface area contributed by atoms with Crippen LogP contribution in [0.4, 0.5) is 4.79 Å². The molecule has 0 saturated carbocycles. The van der Waals surface area contributed by atoms with Gasteiger partial charge in [-0.15, -0.1) is 6.58 Å². The van der Waals surface area contributed by atoms with Crippen molar-refractivity contribution in [2.45, 2.75) is 39.7 Å². The van der Waals surface area contributed by atoms with Crippen LogP contribution in [0.1, 0.15) is 43.9 Å². The second-order valence-electron chi connectivity index (χ2n) is 8.58. The fourth-order valence-corrected chi connectivity index (χ4v) is 4.45. The molecule has 0 radical (unpaired) electrons. The minimum absolute atomic E-state index is 0.117. The molecule has 2 aliphatic heterocycles. The number of hydrogen-bond acceptors (Lipinski definition) is 6. The molecule has 0 aromatic heterocycles. The van der Waals surface area contributed by atoms with Crippen LogP contribution in [0, 0.1) is 12.8 Å². The number of amides is 2. The smallest absolute Gasteiger partial charge is 0.338 e. The van der Waals surface area contributed by atoms with Gasteiger partial charge in [0.2, 0.25) is 0 Å². The topological polar surface area (TPSA) is 88.2 Å². The number of nitrogens with zero attached hydrogens (tertiary/aromatic N) is 2. The van der Waals surface area contributed by atoms with Crippen molar-refractivity contribution in [1.82, 2.24) is 15.1 Å². The number of esters is 2. The maximum absolute atomic E-state index is 13.2. The fraction of sp³-hybridized carbons (Fsp3) is 0.500. The lowest BCUT2D eigenvalue weighted by atomic mass is 9.92. The molecule has 0 spiro atoms. The number of urea groups is 1. The monoisotopic (exact) mass is 469 g/mol. The molecular weight excluding hydrogens is 434 g/mol. The molecule has 1 aromatic carbocycles. The summed E-state index contributed by atoms with van der Waals surface area (Å²) in [5.74, 6) is -0.717. The van der Waals surface area contributed by atoms with E-state index in [1.807, 2.05) is 38.1 Å². The van der Waals surface area contributed by atoms with Gasteiger partial charge in [-0.1, -0.05) is 35.9 Å². The van der Waals surface area contributed by atoms with Crippen molar-refractivity contribution < 1.29 is 23.9 Å². The van der Waals surface area contributed by atoms with Crippen molar-refractivity contribution >= 4 is 18.0 Å². The SMILES string of the molecule is C=CCN1C(=O)N[C@@H](c2ccc(C)cc2)C(C(=O)OCC)=C1CN1CCC(C(=O)OCC)CC1. The van der Waals surface area contributed by atoms with Gasteiger partial charge in [-0.3, -0.25) is 14.6 Å². The van der Waals surface area contributed by atoms with E-state index in [1.54, 1.807) is 17.9 Å². The Hall–Kier alpha value is -3.13. The highest BCUT2D eigenvalue weighted by Crippen LogP contribution is 2.33. The number of ether oxygens (including phenoxy) is 2. The zero-order valence-electron chi connectivity index (χ0n) is 20.3. The van der Waals surface area contributed by atoms with E-state index in [4.69, 9.17) is 9.47 Å². The van der Waals surface area contributed by atoms with Gasteiger partial charge in [-0.05, 0) is 52.3 Å². The minimum Gasteiger partial charge on any atom is -0.466 e. The lowest BCUT2D eigenvalue weighted by Gasteiger charge is -2.39. The summed E-state index contributed by atoms with van der Waals surface area (Å²) in [6.45, 7) is 12.0. The van der Waals surface area contributed by atoms with Crippen LogP contribution in [0.3, 0.4) is 0 Å². The molecule has 8 nitrogen and oxygen atoms in total. The van der Waals surface area contributed by atoms with Gasteiger partial charge in [-0.2, -0.15) is 0 Å². The molecule has 0 unspecified atom stereocenters. The van der Waals surface area contributed by atoms with Crippen LogP contribution in [0.5, 0.6) is 0 Å². The Kier molecular flexibility index (Phi) is 8.87. The number of aryl methyl sites for hydroxylation is 1. The molecule has 184 valence electrons. The summed E-state index contributed by atoms with van der Waals surface area (Å²) >= 11 is 0. The van der Waals surface area contributed by atoms with Crippen molar-refractivity contribution in [3.8, 4) is 0 Å². The van der Waals surface area contributed by atoms with Crippen LogP contribution in [0.2, 0.25) is 0 Å². The van der Waals surface area contributed by atoms with Gasteiger partial charge in [0.15, 0.2) is 0 Å². The molecule has 0 bridgehead atoms. The third-order valence-corrected chi connectivity index (χ3v) is 6.24. The van der Waals surface area contributed by atoms with Crippen molar-refractivity contribution in [3.63, 3.8) is 0 Å². The van der Waals surface area contributed by atoms with Crippen LogP contribution in [-0.2, 0) is 19.1 Å². The fourth-order valence-electron chi connectivity index (χ4n) is 4.45. The molecular formula is C26H35N3O5. The highest BCUT2D eigenvalue weighted by atomic mass is 16.5. The summed E-state index contributed by atoms with van der Waals surface area (Å²) in [6, 6.07) is 6.87. The van der Waals surface area contributed by atoms with E-state index in [9.17, 15) is 14.4 Å². The molecule has 2 amide bonds. The van der Waals surface area contributed by atoms with Crippen molar-refractivity contribution in [2.24, 2.45) is 5.92 Å². The second-order valence-corrected chi connectivity index (χ2v) is 8.58. The maximum Gasteiger partial charge on any atom is 0.338 e. The minimum atomic E-state index is -0.611. The molecule has 2 aliphatic rings. The first-order valence-corrected chi connectivity index (χ1v) is 11.9. The lowest BCUT2D eigenvalue weighted by molar-refractivity contribution is -0.149. The molecule has 8 heteroatoms. The maximum atomic E-state index is 13.2. The average Bonchev–Trinajstić information content (AvgIpc) is 2.82. The average molecular weight is 470 g/mol. The Labute approximate surface area is 201 Å². The Morgan fingerprint density at radius 3 is 2.35 bits per heavy atom. The third-order valence-electron chi connectivity index (χ3n) is 6.24. The number of carbonyl (C=O) groups excluding carboxylic acids is 3. The summed E-state index contributed by atoms with van der Waals surface area (Å²) in [4.78, 5) is 42.2. The summed E-state index contributed by atoms with van der Waals surface area (Å²) in [7, 11) is 0. The molecule has 1 N–H and O–H groups in total. The van der Waals surface area contributed by atoms with Gasteiger partial charge in [0, 0.05) is 18.8 Å². The van der Waals surface area contributed by atoms with Crippen LogP contribution < -0.4 is 5.32 Å². The largest absolute Gasteiger partial charge is 0.466 e. The van der Waals surface area contributed by atoms with Gasteiger partial charge in [0.25, 0.3) is 0 Å². The number of rotatable bonds is 9. The highest BCUT2D eigenvalue weighted by molar-refractivity contribution is 5.95. The number of benzene rings is 1. The molecule has 3 rings (SSSR count). The van der Waals surface area contributed by atoms with Gasteiger partial charge < -0.3 is 14.8 Å².